The van der Waals surface area contributed by atoms with Crippen molar-refractivity contribution in [3.8, 4) is 31.5 Å². The third kappa shape index (κ3) is 7.86. The number of halogens is 4. The molecule has 0 saturated heterocycles. The summed E-state index contributed by atoms with van der Waals surface area (Å²) in [5.41, 5.74) is 0.537. The van der Waals surface area contributed by atoms with Crippen molar-refractivity contribution in [1.29, 1.82) is 0 Å². The number of hydrogen-bond donors (Lipinski definition) is 0. The van der Waals surface area contributed by atoms with Gasteiger partial charge in [0.05, 0.1) is 0 Å². The monoisotopic (exact) mass is 672 g/mol. The quantitative estimate of drug-likeness (QED) is 0.0982. The summed E-state index contributed by atoms with van der Waals surface area (Å²) in [6.07, 6.45) is 7.09. The van der Waals surface area contributed by atoms with E-state index in [0.29, 0.717) is 21.0 Å². The van der Waals surface area contributed by atoms with Crippen molar-refractivity contribution in [3.05, 3.63) is 86.8 Å². The van der Waals surface area contributed by atoms with Gasteiger partial charge in [0.2, 0.25) is 0 Å². The van der Waals surface area contributed by atoms with Crippen molar-refractivity contribution < 1.29 is 31.8 Å². The van der Waals surface area contributed by atoms with Gasteiger partial charge in [-0.2, -0.15) is 0 Å². The molecule has 0 aliphatic heterocycles. The van der Waals surface area contributed by atoms with Gasteiger partial charge in [0.25, 0.3) is 0 Å². The van der Waals surface area contributed by atoms with E-state index in [2.05, 4.69) is 19.1 Å². The molecular formula is C30H28F4O3Se2. The maximum absolute atomic E-state index is 14.1. The van der Waals surface area contributed by atoms with Crippen molar-refractivity contribution in [3.63, 3.8) is 0 Å². The molecule has 3 nitrogen and oxygen atoms in total. The average molecular weight is 670 g/mol. The van der Waals surface area contributed by atoms with Crippen molar-refractivity contribution >= 4 is 41.4 Å². The van der Waals surface area contributed by atoms with Gasteiger partial charge in [-0.25, -0.2) is 0 Å². The zero-order valence-electron chi connectivity index (χ0n) is 21.7. The van der Waals surface area contributed by atoms with E-state index in [1.165, 1.54) is 22.6 Å². The Hall–Kier alpha value is -2.83. The molecule has 0 radical (unpaired) electrons. The summed E-state index contributed by atoms with van der Waals surface area (Å²) >= 11 is -0.243. The number of aldehydes is 1. The number of hydrogen-bond acceptors (Lipinski definition) is 3. The Morgan fingerprint density at radius 3 is 1.59 bits per heavy atom. The van der Waals surface area contributed by atoms with E-state index in [4.69, 9.17) is 9.47 Å². The molecule has 2 aromatic heterocycles. The molecule has 0 spiro atoms. The Bertz CT molecular complexity index is 1430. The van der Waals surface area contributed by atoms with E-state index in [9.17, 15) is 22.4 Å². The molecule has 0 saturated carbocycles. The molecule has 0 fully saturated rings. The first-order valence-corrected chi connectivity index (χ1v) is 15.8. The molecule has 39 heavy (non-hydrogen) atoms. The second kappa shape index (κ2) is 15.1. The zero-order chi connectivity index (χ0) is 28.4. The SMILES string of the molecule is CCCC=Cc1ccc(-c2ccc(OCC)c(F)c2F)[se]1.CCOc1ccc(-c2ccc(C=O)[se]2)c(F)c1F. The van der Waals surface area contributed by atoms with Gasteiger partial charge in [-0.05, 0) is 0 Å². The average Bonchev–Trinajstić information content (AvgIpc) is 3.61. The molecule has 9 heteroatoms. The van der Waals surface area contributed by atoms with Crippen molar-refractivity contribution in [2.75, 3.05) is 13.2 Å². The Morgan fingerprint density at radius 2 is 1.15 bits per heavy atom. The predicted molar refractivity (Wildman–Crippen MR) is 149 cm³/mol. The third-order valence-electron chi connectivity index (χ3n) is 5.33. The van der Waals surface area contributed by atoms with Gasteiger partial charge < -0.3 is 0 Å². The number of benzene rings is 2. The van der Waals surface area contributed by atoms with Crippen LogP contribution < -0.4 is 9.47 Å². The molecular weight excluding hydrogens is 642 g/mol. The molecule has 0 aliphatic rings. The van der Waals surface area contributed by atoms with Crippen LogP contribution in [-0.2, 0) is 0 Å². The van der Waals surface area contributed by atoms with Crippen LogP contribution in [0.3, 0.4) is 0 Å². The van der Waals surface area contributed by atoms with E-state index in [-0.39, 0.29) is 52.7 Å². The van der Waals surface area contributed by atoms with Crippen LogP contribution in [0.2, 0.25) is 0 Å². The second-order valence-electron chi connectivity index (χ2n) is 8.06. The van der Waals surface area contributed by atoms with Crippen LogP contribution in [0.5, 0.6) is 11.5 Å². The molecule has 0 aliphatic carbocycles. The first kappa shape index (κ1) is 30.7. The van der Waals surface area contributed by atoms with Crippen LogP contribution in [-0.4, -0.2) is 48.5 Å². The van der Waals surface area contributed by atoms with Crippen molar-refractivity contribution in [2.45, 2.75) is 33.6 Å². The Labute approximate surface area is 237 Å². The summed E-state index contributed by atoms with van der Waals surface area (Å²) < 4.78 is 68.9. The molecule has 2 aromatic carbocycles. The van der Waals surface area contributed by atoms with E-state index >= 15 is 0 Å². The maximum atomic E-state index is 14.1. The molecule has 0 atom stereocenters. The first-order chi connectivity index (χ1) is 18.8. The summed E-state index contributed by atoms with van der Waals surface area (Å²) in [7, 11) is 0. The van der Waals surface area contributed by atoms with Gasteiger partial charge in [-0.1, -0.05) is 0 Å². The number of unbranched alkanes of at least 4 members (excludes halogenated alkanes) is 1. The first-order valence-electron chi connectivity index (χ1n) is 12.4. The Balaban J connectivity index is 0.000000218. The fraction of sp³-hybridized carbons (Fsp3) is 0.233. The zero-order valence-corrected chi connectivity index (χ0v) is 25.2. The Morgan fingerprint density at radius 1 is 0.667 bits per heavy atom. The minimum absolute atomic E-state index is 0.0185. The van der Waals surface area contributed by atoms with Gasteiger partial charge in [0, 0.05) is 0 Å². The third-order valence-corrected chi connectivity index (χ3v) is 9.80. The van der Waals surface area contributed by atoms with Crippen LogP contribution in [0, 0.1) is 23.3 Å². The number of carbonyl (C=O) groups excluding carboxylic acids is 1. The molecule has 2 heterocycles. The number of ether oxygens (including phenoxy) is 2. The minimum atomic E-state index is -0.981. The number of carbonyl (C=O) groups is 1. The van der Waals surface area contributed by atoms with Gasteiger partial charge in [-0.15, -0.1) is 0 Å². The fourth-order valence-electron chi connectivity index (χ4n) is 3.49. The van der Waals surface area contributed by atoms with Crippen LogP contribution >= 0.6 is 0 Å². The summed E-state index contributed by atoms with van der Waals surface area (Å²) in [5.74, 6) is -3.74. The van der Waals surface area contributed by atoms with Gasteiger partial charge >= 0.3 is 238 Å². The molecule has 0 N–H and O–H groups in total. The molecule has 0 amide bonds. The molecule has 4 rings (SSSR count). The fourth-order valence-corrected chi connectivity index (χ4v) is 7.27. The summed E-state index contributed by atoms with van der Waals surface area (Å²) in [4.78, 5) is 10.6. The van der Waals surface area contributed by atoms with Crippen LogP contribution in [0.25, 0.3) is 26.1 Å². The van der Waals surface area contributed by atoms with E-state index in [1.807, 2.05) is 12.1 Å². The van der Waals surface area contributed by atoms with Gasteiger partial charge in [-0.3, -0.25) is 0 Å². The molecule has 206 valence electrons. The van der Waals surface area contributed by atoms with E-state index in [1.54, 1.807) is 32.0 Å². The normalized spacial score (nSPS) is 10.8. The van der Waals surface area contributed by atoms with E-state index in [0.717, 1.165) is 23.6 Å². The second-order valence-corrected chi connectivity index (χ2v) is 12.7. The summed E-state index contributed by atoms with van der Waals surface area (Å²) in [5, 5.41) is 0. The summed E-state index contributed by atoms with van der Waals surface area (Å²) in [6.45, 7) is 6.16. The standard InChI is InChI=1S/C17H18F2OSe.C13H10F2O2Se/c1-3-5-6-7-12-8-11-15(21-12)13-9-10-14(20-4-2)17(19)16(13)18;1-2-17-10-5-4-9(12(14)13(10)15)11-6-3-8(7-16)18-11/h6-11H,3-5H2,1-2H3;3-7H,2H2,1H3. The van der Waals surface area contributed by atoms with Gasteiger partial charge in [0.15, 0.2) is 0 Å². The van der Waals surface area contributed by atoms with Crippen LogP contribution in [0.1, 0.15) is 47.3 Å². The van der Waals surface area contributed by atoms with Crippen molar-refractivity contribution in [2.24, 2.45) is 0 Å². The number of allylic oxidation sites excluding steroid dienone is 1. The topological polar surface area (TPSA) is 35.5 Å². The number of rotatable bonds is 10. The predicted octanol–water partition coefficient (Wildman–Crippen LogP) is 7.80. The molecule has 0 bridgehead atoms. The van der Waals surface area contributed by atoms with Crippen molar-refractivity contribution in [1.82, 2.24) is 0 Å². The Kier molecular flexibility index (Phi) is 11.9. The van der Waals surface area contributed by atoms with E-state index < -0.39 is 23.3 Å². The van der Waals surface area contributed by atoms with Gasteiger partial charge in [0.1, 0.15) is 0 Å². The van der Waals surface area contributed by atoms with Crippen LogP contribution in [0.15, 0.2) is 54.6 Å². The summed E-state index contributed by atoms with van der Waals surface area (Å²) in [6, 6.07) is 13.1. The molecule has 0 unspecified atom stereocenters. The molecule has 4 aromatic rings. The van der Waals surface area contributed by atoms with Crippen LogP contribution in [0.4, 0.5) is 17.6 Å².